The summed E-state index contributed by atoms with van der Waals surface area (Å²) in [4.78, 5) is 0. The SMILES string of the molecule is C[C@@H](N)c1ccc2c(c1)[C@@H](N)CO2. The molecule has 3 heteroatoms. The molecular formula is C10H14N2O. The lowest BCUT2D eigenvalue weighted by Gasteiger charge is -2.08. The van der Waals surface area contributed by atoms with E-state index in [0.29, 0.717) is 6.61 Å². The molecule has 0 bridgehead atoms. The summed E-state index contributed by atoms with van der Waals surface area (Å²) in [7, 11) is 0. The predicted molar refractivity (Wildman–Crippen MR) is 51.5 cm³/mol. The van der Waals surface area contributed by atoms with Gasteiger partial charge in [-0.15, -0.1) is 0 Å². The van der Waals surface area contributed by atoms with Gasteiger partial charge in [-0.3, -0.25) is 0 Å². The number of rotatable bonds is 1. The van der Waals surface area contributed by atoms with Crippen LogP contribution in [0.1, 0.15) is 30.1 Å². The van der Waals surface area contributed by atoms with Crippen molar-refractivity contribution >= 4 is 0 Å². The van der Waals surface area contributed by atoms with Crippen LogP contribution in [0, 0.1) is 0 Å². The Morgan fingerprint density at radius 3 is 3.00 bits per heavy atom. The first-order chi connectivity index (χ1) is 6.18. The molecule has 0 spiro atoms. The highest BCUT2D eigenvalue weighted by atomic mass is 16.5. The standard InChI is InChI=1S/C10H14N2O/c1-6(11)7-2-3-10-8(4-7)9(12)5-13-10/h2-4,6,9H,5,11-12H2,1H3/t6-,9+/m1/s1. The van der Waals surface area contributed by atoms with Crippen LogP contribution in [-0.2, 0) is 0 Å². The number of nitrogens with two attached hydrogens (primary N) is 2. The lowest BCUT2D eigenvalue weighted by Crippen LogP contribution is -2.11. The zero-order valence-electron chi connectivity index (χ0n) is 7.66. The third-order valence-corrected chi connectivity index (χ3v) is 2.38. The molecule has 1 aliphatic rings. The minimum Gasteiger partial charge on any atom is -0.491 e. The van der Waals surface area contributed by atoms with Crippen molar-refractivity contribution in [1.82, 2.24) is 0 Å². The Balaban J connectivity index is 2.42. The van der Waals surface area contributed by atoms with E-state index in [9.17, 15) is 0 Å². The van der Waals surface area contributed by atoms with Crippen molar-refractivity contribution in [3.63, 3.8) is 0 Å². The van der Waals surface area contributed by atoms with Crippen LogP contribution < -0.4 is 16.2 Å². The normalized spacial score (nSPS) is 22.2. The van der Waals surface area contributed by atoms with Gasteiger partial charge in [-0.2, -0.15) is 0 Å². The van der Waals surface area contributed by atoms with E-state index in [1.54, 1.807) is 0 Å². The van der Waals surface area contributed by atoms with Crippen LogP contribution >= 0.6 is 0 Å². The Morgan fingerprint density at radius 1 is 1.54 bits per heavy atom. The first kappa shape index (κ1) is 8.53. The number of benzene rings is 1. The molecule has 13 heavy (non-hydrogen) atoms. The molecule has 2 rings (SSSR count). The Morgan fingerprint density at radius 2 is 2.31 bits per heavy atom. The highest BCUT2D eigenvalue weighted by Crippen LogP contribution is 2.32. The van der Waals surface area contributed by atoms with Crippen molar-refractivity contribution in [2.75, 3.05) is 6.61 Å². The van der Waals surface area contributed by atoms with Gasteiger partial charge in [0.1, 0.15) is 12.4 Å². The quantitative estimate of drug-likeness (QED) is 0.677. The molecule has 1 aromatic carbocycles. The van der Waals surface area contributed by atoms with Gasteiger partial charge in [0, 0.05) is 11.6 Å². The lowest BCUT2D eigenvalue weighted by atomic mass is 10.0. The van der Waals surface area contributed by atoms with Gasteiger partial charge >= 0.3 is 0 Å². The van der Waals surface area contributed by atoms with Gasteiger partial charge < -0.3 is 16.2 Å². The second kappa shape index (κ2) is 3.01. The Bertz CT molecular complexity index is 323. The molecule has 0 saturated carbocycles. The predicted octanol–water partition coefficient (Wildman–Crippen LogP) is 1.10. The van der Waals surface area contributed by atoms with Gasteiger partial charge in [-0.25, -0.2) is 0 Å². The Kier molecular flexibility index (Phi) is 1.98. The highest BCUT2D eigenvalue weighted by Gasteiger charge is 2.20. The Labute approximate surface area is 77.7 Å². The number of ether oxygens (including phenoxy) is 1. The summed E-state index contributed by atoms with van der Waals surface area (Å²) in [5.41, 5.74) is 13.8. The molecule has 1 aliphatic heterocycles. The van der Waals surface area contributed by atoms with Crippen molar-refractivity contribution < 1.29 is 4.74 Å². The van der Waals surface area contributed by atoms with Gasteiger partial charge in [-0.1, -0.05) is 6.07 Å². The van der Waals surface area contributed by atoms with Crippen LogP contribution in [0.5, 0.6) is 5.75 Å². The van der Waals surface area contributed by atoms with Gasteiger partial charge in [0.25, 0.3) is 0 Å². The van der Waals surface area contributed by atoms with E-state index in [0.717, 1.165) is 16.9 Å². The van der Waals surface area contributed by atoms with E-state index in [1.807, 2.05) is 25.1 Å². The first-order valence-corrected chi connectivity index (χ1v) is 4.46. The molecule has 1 heterocycles. The van der Waals surface area contributed by atoms with Crippen LogP contribution in [0.3, 0.4) is 0 Å². The number of fused-ring (bicyclic) bond motifs is 1. The molecule has 0 saturated heterocycles. The maximum absolute atomic E-state index is 5.85. The molecule has 0 unspecified atom stereocenters. The van der Waals surface area contributed by atoms with E-state index in [2.05, 4.69) is 0 Å². The molecule has 3 nitrogen and oxygen atoms in total. The maximum atomic E-state index is 5.85. The zero-order chi connectivity index (χ0) is 9.42. The number of hydrogen-bond donors (Lipinski definition) is 2. The molecule has 1 aromatic rings. The summed E-state index contributed by atoms with van der Waals surface area (Å²) in [6, 6.07) is 6.03. The third-order valence-electron chi connectivity index (χ3n) is 2.38. The van der Waals surface area contributed by atoms with Crippen LogP contribution in [0.25, 0.3) is 0 Å². The zero-order valence-corrected chi connectivity index (χ0v) is 7.66. The average Bonchev–Trinajstić information content (AvgIpc) is 2.47. The molecular weight excluding hydrogens is 164 g/mol. The van der Waals surface area contributed by atoms with Crippen LogP contribution in [-0.4, -0.2) is 6.61 Å². The van der Waals surface area contributed by atoms with E-state index < -0.39 is 0 Å². The summed E-state index contributed by atoms with van der Waals surface area (Å²) in [5, 5.41) is 0. The molecule has 70 valence electrons. The summed E-state index contributed by atoms with van der Waals surface area (Å²) in [6.07, 6.45) is 0. The van der Waals surface area contributed by atoms with E-state index in [-0.39, 0.29) is 12.1 Å². The Hall–Kier alpha value is -1.06. The van der Waals surface area contributed by atoms with Gasteiger partial charge in [-0.05, 0) is 24.6 Å². The van der Waals surface area contributed by atoms with Gasteiger partial charge in [0.15, 0.2) is 0 Å². The van der Waals surface area contributed by atoms with Crippen LogP contribution in [0.15, 0.2) is 18.2 Å². The fourth-order valence-corrected chi connectivity index (χ4v) is 1.54. The summed E-state index contributed by atoms with van der Waals surface area (Å²) in [5.74, 6) is 0.900. The van der Waals surface area contributed by atoms with E-state index in [1.165, 1.54) is 0 Å². The summed E-state index contributed by atoms with van der Waals surface area (Å²) >= 11 is 0. The minimum absolute atomic E-state index is 0.00806. The van der Waals surface area contributed by atoms with E-state index in [4.69, 9.17) is 16.2 Å². The molecule has 0 aliphatic carbocycles. The topological polar surface area (TPSA) is 61.3 Å². The minimum atomic E-state index is 0.00806. The molecule has 0 radical (unpaired) electrons. The molecule has 0 aromatic heterocycles. The maximum Gasteiger partial charge on any atom is 0.124 e. The van der Waals surface area contributed by atoms with Crippen molar-refractivity contribution in [3.8, 4) is 5.75 Å². The van der Waals surface area contributed by atoms with Gasteiger partial charge in [0.05, 0.1) is 6.04 Å². The largest absolute Gasteiger partial charge is 0.491 e. The first-order valence-electron chi connectivity index (χ1n) is 4.46. The number of hydrogen-bond acceptors (Lipinski definition) is 3. The van der Waals surface area contributed by atoms with Crippen LogP contribution in [0.2, 0.25) is 0 Å². The van der Waals surface area contributed by atoms with Crippen molar-refractivity contribution in [3.05, 3.63) is 29.3 Å². The molecule has 2 atom stereocenters. The summed E-state index contributed by atoms with van der Waals surface area (Å²) in [6.45, 7) is 2.54. The molecule has 0 amide bonds. The van der Waals surface area contributed by atoms with E-state index >= 15 is 0 Å². The smallest absolute Gasteiger partial charge is 0.124 e. The van der Waals surface area contributed by atoms with Gasteiger partial charge in [0.2, 0.25) is 0 Å². The monoisotopic (exact) mass is 178 g/mol. The highest BCUT2D eigenvalue weighted by molar-refractivity contribution is 5.42. The second-order valence-electron chi connectivity index (χ2n) is 3.50. The van der Waals surface area contributed by atoms with Crippen LogP contribution in [0.4, 0.5) is 0 Å². The third kappa shape index (κ3) is 1.41. The van der Waals surface area contributed by atoms with Crippen molar-refractivity contribution in [2.24, 2.45) is 11.5 Å². The fourth-order valence-electron chi connectivity index (χ4n) is 1.54. The van der Waals surface area contributed by atoms with Crippen molar-refractivity contribution in [2.45, 2.75) is 19.0 Å². The molecule has 0 fully saturated rings. The fraction of sp³-hybridized carbons (Fsp3) is 0.400. The average molecular weight is 178 g/mol. The second-order valence-corrected chi connectivity index (χ2v) is 3.50. The lowest BCUT2D eigenvalue weighted by molar-refractivity contribution is 0.333. The summed E-state index contributed by atoms with van der Waals surface area (Å²) < 4.78 is 5.38. The van der Waals surface area contributed by atoms with Crippen molar-refractivity contribution in [1.29, 1.82) is 0 Å². The molecule has 4 N–H and O–H groups in total.